The number of aryl methyl sites for hydroxylation is 2. The molecule has 3 heteroatoms. The van der Waals surface area contributed by atoms with Crippen molar-refractivity contribution in [3.05, 3.63) is 52.7 Å². The van der Waals surface area contributed by atoms with Crippen molar-refractivity contribution in [3.8, 4) is 11.6 Å². The average molecular weight is 271 g/mol. The summed E-state index contributed by atoms with van der Waals surface area (Å²) in [5.41, 5.74) is 3.96. The van der Waals surface area contributed by atoms with Crippen LogP contribution in [-0.2, 0) is 6.61 Å². The second-order valence-electron chi connectivity index (χ2n) is 5.41. The van der Waals surface area contributed by atoms with Gasteiger partial charge in [0, 0.05) is 11.8 Å². The van der Waals surface area contributed by atoms with Crippen LogP contribution >= 0.6 is 0 Å². The fraction of sp³-hybridized carbons (Fsp3) is 0.353. The lowest BCUT2D eigenvalue weighted by atomic mass is 10.0. The average Bonchev–Trinajstić information content (AvgIpc) is 2.37. The predicted octanol–water partition coefficient (Wildman–Crippen LogP) is 4.11. The first-order chi connectivity index (χ1) is 9.49. The quantitative estimate of drug-likeness (QED) is 0.910. The van der Waals surface area contributed by atoms with E-state index in [1.54, 1.807) is 6.07 Å². The van der Waals surface area contributed by atoms with Crippen LogP contribution in [0.3, 0.4) is 0 Å². The zero-order valence-electron chi connectivity index (χ0n) is 12.5. The Bertz CT molecular complexity index is 606. The van der Waals surface area contributed by atoms with Gasteiger partial charge in [-0.05, 0) is 48.6 Å². The molecular formula is C17H21NO2. The van der Waals surface area contributed by atoms with Crippen LogP contribution < -0.4 is 4.74 Å². The van der Waals surface area contributed by atoms with Gasteiger partial charge in [0.25, 0.3) is 0 Å². The number of nitrogens with zero attached hydrogens (tertiary/aromatic N) is 1. The van der Waals surface area contributed by atoms with Gasteiger partial charge >= 0.3 is 0 Å². The van der Waals surface area contributed by atoms with E-state index in [9.17, 15) is 5.11 Å². The molecule has 0 amide bonds. The van der Waals surface area contributed by atoms with Crippen molar-refractivity contribution in [2.24, 2.45) is 0 Å². The minimum absolute atomic E-state index is 0.00935. The lowest BCUT2D eigenvalue weighted by Gasteiger charge is -2.14. The van der Waals surface area contributed by atoms with Crippen molar-refractivity contribution in [1.29, 1.82) is 0 Å². The largest absolute Gasteiger partial charge is 0.439 e. The first kappa shape index (κ1) is 14.5. The van der Waals surface area contributed by atoms with Crippen molar-refractivity contribution in [3.63, 3.8) is 0 Å². The minimum atomic E-state index is -0.00935. The van der Waals surface area contributed by atoms with E-state index >= 15 is 0 Å². The van der Waals surface area contributed by atoms with E-state index in [0.29, 0.717) is 11.8 Å². The summed E-state index contributed by atoms with van der Waals surface area (Å²) in [5, 5.41) is 9.26. The molecule has 0 unspecified atom stereocenters. The second kappa shape index (κ2) is 6.06. The predicted molar refractivity (Wildman–Crippen MR) is 80.2 cm³/mol. The Hall–Kier alpha value is -1.87. The standard InChI is InChI=1S/C17H21NO2/c1-11(2)15-6-5-12(3)7-16(15)20-17-9-14(10-19)8-13(4)18-17/h5-9,11,19H,10H2,1-4H3. The number of benzene rings is 1. The van der Waals surface area contributed by atoms with Gasteiger partial charge < -0.3 is 9.84 Å². The molecule has 1 aromatic heterocycles. The van der Waals surface area contributed by atoms with Crippen LogP contribution in [-0.4, -0.2) is 10.1 Å². The molecule has 0 aliphatic heterocycles. The summed E-state index contributed by atoms with van der Waals surface area (Å²) in [4.78, 5) is 4.37. The summed E-state index contributed by atoms with van der Waals surface area (Å²) in [5.74, 6) is 1.75. The third-order valence-corrected chi connectivity index (χ3v) is 3.18. The lowest BCUT2D eigenvalue weighted by molar-refractivity contribution is 0.281. The number of rotatable bonds is 4. The van der Waals surface area contributed by atoms with Gasteiger partial charge in [-0.2, -0.15) is 0 Å². The minimum Gasteiger partial charge on any atom is -0.439 e. The van der Waals surface area contributed by atoms with Crippen LogP contribution in [0.4, 0.5) is 0 Å². The molecule has 3 nitrogen and oxygen atoms in total. The maximum absolute atomic E-state index is 9.26. The van der Waals surface area contributed by atoms with Gasteiger partial charge in [-0.25, -0.2) is 4.98 Å². The van der Waals surface area contributed by atoms with E-state index in [0.717, 1.165) is 28.1 Å². The summed E-state index contributed by atoms with van der Waals surface area (Å²) < 4.78 is 5.95. The highest BCUT2D eigenvalue weighted by molar-refractivity contribution is 5.41. The molecular weight excluding hydrogens is 250 g/mol. The molecule has 1 N–H and O–H groups in total. The van der Waals surface area contributed by atoms with Crippen molar-refractivity contribution in [2.75, 3.05) is 0 Å². The number of aromatic nitrogens is 1. The molecule has 0 saturated heterocycles. The van der Waals surface area contributed by atoms with Crippen LogP contribution in [0, 0.1) is 13.8 Å². The van der Waals surface area contributed by atoms with Crippen molar-refractivity contribution in [1.82, 2.24) is 4.98 Å². The number of aliphatic hydroxyl groups is 1. The molecule has 1 aromatic carbocycles. The van der Waals surface area contributed by atoms with Gasteiger partial charge in [0.1, 0.15) is 5.75 Å². The van der Waals surface area contributed by atoms with E-state index in [-0.39, 0.29) is 6.61 Å². The molecule has 0 aliphatic carbocycles. The molecule has 2 rings (SSSR count). The summed E-state index contributed by atoms with van der Waals surface area (Å²) in [6.07, 6.45) is 0. The van der Waals surface area contributed by atoms with Crippen LogP contribution in [0.5, 0.6) is 11.6 Å². The van der Waals surface area contributed by atoms with Crippen molar-refractivity contribution < 1.29 is 9.84 Å². The van der Waals surface area contributed by atoms with Crippen LogP contribution in [0.15, 0.2) is 30.3 Å². The third kappa shape index (κ3) is 3.36. The van der Waals surface area contributed by atoms with E-state index < -0.39 is 0 Å². The van der Waals surface area contributed by atoms with Crippen LogP contribution in [0.25, 0.3) is 0 Å². The van der Waals surface area contributed by atoms with Crippen LogP contribution in [0.1, 0.15) is 42.1 Å². The summed E-state index contributed by atoms with van der Waals surface area (Å²) in [7, 11) is 0. The monoisotopic (exact) mass is 271 g/mol. The topological polar surface area (TPSA) is 42.4 Å². The highest BCUT2D eigenvalue weighted by atomic mass is 16.5. The summed E-state index contributed by atoms with van der Waals surface area (Å²) in [6.45, 7) is 8.21. The fourth-order valence-electron chi connectivity index (χ4n) is 2.17. The molecule has 1 heterocycles. The molecule has 0 radical (unpaired) electrons. The number of pyridine rings is 1. The van der Waals surface area contributed by atoms with Crippen molar-refractivity contribution >= 4 is 0 Å². The third-order valence-electron chi connectivity index (χ3n) is 3.18. The van der Waals surface area contributed by atoms with Gasteiger partial charge in [0.2, 0.25) is 5.88 Å². The normalized spacial score (nSPS) is 10.9. The summed E-state index contributed by atoms with van der Waals surface area (Å²) in [6, 6.07) is 9.84. The Morgan fingerprint density at radius 1 is 1.15 bits per heavy atom. The Morgan fingerprint density at radius 2 is 1.90 bits per heavy atom. The SMILES string of the molecule is Cc1ccc(C(C)C)c(Oc2cc(CO)cc(C)n2)c1. The molecule has 106 valence electrons. The molecule has 20 heavy (non-hydrogen) atoms. The Balaban J connectivity index is 2.38. The highest BCUT2D eigenvalue weighted by Gasteiger charge is 2.10. The molecule has 0 bridgehead atoms. The summed E-state index contributed by atoms with van der Waals surface area (Å²) >= 11 is 0. The molecule has 0 aliphatic rings. The van der Waals surface area contributed by atoms with E-state index in [1.165, 1.54) is 0 Å². The molecule has 0 fully saturated rings. The molecule has 0 spiro atoms. The van der Waals surface area contributed by atoms with Gasteiger partial charge in [-0.15, -0.1) is 0 Å². The Kier molecular flexibility index (Phi) is 4.40. The number of hydrogen-bond acceptors (Lipinski definition) is 3. The van der Waals surface area contributed by atoms with E-state index in [1.807, 2.05) is 26.0 Å². The molecule has 2 aromatic rings. The second-order valence-corrected chi connectivity index (χ2v) is 5.41. The number of aliphatic hydroxyl groups excluding tert-OH is 1. The molecule has 0 saturated carbocycles. The van der Waals surface area contributed by atoms with Crippen LogP contribution in [0.2, 0.25) is 0 Å². The molecule has 0 atom stereocenters. The fourth-order valence-corrected chi connectivity index (χ4v) is 2.17. The zero-order chi connectivity index (χ0) is 14.7. The van der Waals surface area contributed by atoms with Gasteiger partial charge in [-0.1, -0.05) is 26.0 Å². The Morgan fingerprint density at radius 3 is 2.55 bits per heavy atom. The Labute approximate surface area is 120 Å². The van der Waals surface area contributed by atoms with Crippen molar-refractivity contribution in [2.45, 2.75) is 40.2 Å². The number of ether oxygens (including phenoxy) is 1. The maximum atomic E-state index is 9.26. The van der Waals surface area contributed by atoms with Gasteiger partial charge in [0.05, 0.1) is 6.61 Å². The smallest absolute Gasteiger partial charge is 0.219 e. The zero-order valence-corrected chi connectivity index (χ0v) is 12.5. The first-order valence-corrected chi connectivity index (χ1v) is 6.86. The maximum Gasteiger partial charge on any atom is 0.219 e. The van der Waals surface area contributed by atoms with E-state index in [2.05, 4.69) is 31.0 Å². The number of hydrogen-bond donors (Lipinski definition) is 1. The highest BCUT2D eigenvalue weighted by Crippen LogP contribution is 2.31. The van der Waals surface area contributed by atoms with Gasteiger partial charge in [0.15, 0.2) is 0 Å². The lowest BCUT2D eigenvalue weighted by Crippen LogP contribution is -1.98. The van der Waals surface area contributed by atoms with E-state index in [4.69, 9.17) is 4.74 Å². The first-order valence-electron chi connectivity index (χ1n) is 6.86. The van der Waals surface area contributed by atoms with Gasteiger partial charge in [-0.3, -0.25) is 0 Å².